The molecule has 0 saturated carbocycles. The molecule has 0 unspecified atom stereocenters. The molecule has 1 heterocycles. The van der Waals surface area contributed by atoms with Gasteiger partial charge in [-0.2, -0.15) is 0 Å². The molecule has 1 aromatic carbocycles. The molecule has 0 radical (unpaired) electrons. The number of methoxy groups -OCH3 is 1. The first-order valence-corrected chi connectivity index (χ1v) is 7.09. The summed E-state index contributed by atoms with van der Waals surface area (Å²) in [5.74, 6) is 0.451. The van der Waals surface area contributed by atoms with Gasteiger partial charge >= 0.3 is 0 Å². The van der Waals surface area contributed by atoms with Crippen LogP contribution in [0.25, 0.3) is 0 Å². The SMILES string of the molecule is COc1ccc(NC(=O)Cn2cc(C)cc(Br)c2=O)cc1. The number of nitrogens with zero attached hydrogens (tertiary/aromatic N) is 1. The lowest BCUT2D eigenvalue weighted by molar-refractivity contribution is -0.116. The Labute approximate surface area is 130 Å². The third-order valence-corrected chi connectivity index (χ3v) is 3.43. The van der Waals surface area contributed by atoms with Crippen molar-refractivity contribution in [1.82, 2.24) is 4.57 Å². The van der Waals surface area contributed by atoms with Crippen molar-refractivity contribution in [3.8, 4) is 5.75 Å². The van der Waals surface area contributed by atoms with E-state index in [2.05, 4.69) is 21.2 Å². The van der Waals surface area contributed by atoms with Crippen LogP contribution in [0, 0.1) is 6.92 Å². The van der Waals surface area contributed by atoms with Gasteiger partial charge in [-0.05, 0) is 58.7 Å². The van der Waals surface area contributed by atoms with Gasteiger partial charge in [-0.25, -0.2) is 0 Å². The molecule has 2 rings (SSSR count). The highest BCUT2D eigenvalue weighted by Gasteiger charge is 2.08. The molecular formula is C15H15BrN2O3. The zero-order valence-corrected chi connectivity index (χ0v) is 13.3. The summed E-state index contributed by atoms with van der Waals surface area (Å²) in [6.07, 6.45) is 1.65. The highest BCUT2D eigenvalue weighted by Crippen LogP contribution is 2.15. The second-order valence-corrected chi connectivity index (χ2v) is 5.43. The predicted molar refractivity (Wildman–Crippen MR) is 84.8 cm³/mol. The van der Waals surface area contributed by atoms with Crippen molar-refractivity contribution in [2.75, 3.05) is 12.4 Å². The van der Waals surface area contributed by atoms with E-state index in [-0.39, 0.29) is 18.0 Å². The van der Waals surface area contributed by atoms with Crippen LogP contribution in [0.15, 0.2) is 45.8 Å². The molecule has 5 nitrogen and oxygen atoms in total. The minimum absolute atomic E-state index is 0.0366. The van der Waals surface area contributed by atoms with Gasteiger partial charge < -0.3 is 14.6 Å². The molecule has 110 valence electrons. The van der Waals surface area contributed by atoms with Gasteiger partial charge in [0, 0.05) is 11.9 Å². The first-order chi connectivity index (χ1) is 9.99. The van der Waals surface area contributed by atoms with E-state index in [0.29, 0.717) is 15.9 Å². The molecule has 0 aliphatic rings. The largest absolute Gasteiger partial charge is 0.497 e. The lowest BCUT2D eigenvalue weighted by Gasteiger charge is -2.09. The third-order valence-electron chi connectivity index (χ3n) is 2.87. The van der Waals surface area contributed by atoms with Gasteiger partial charge in [-0.3, -0.25) is 9.59 Å². The van der Waals surface area contributed by atoms with Crippen molar-refractivity contribution in [3.05, 3.63) is 56.9 Å². The van der Waals surface area contributed by atoms with E-state index in [4.69, 9.17) is 4.74 Å². The number of aryl methyl sites for hydroxylation is 1. The Hall–Kier alpha value is -2.08. The molecule has 0 aliphatic carbocycles. The number of nitrogens with one attached hydrogen (secondary N) is 1. The number of hydrogen-bond donors (Lipinski definition) is 1. The normalized spacial score (nSPS) is 10.2. The zero-order chi connectivity index (χ0) is 15.4. The van der Waals surface area contributed by atoms with Crippen LogP contribution in [0.1, 0.15) is 5.56 Å². The predicted octanol–water partition coefficient (Wildman–Crippen LogP) is 2.57. The van der Waals surface area contributed by atoms with Crippen LogP contribution in [0.5, 0.6) is 5.75 Å². The van der Waals surface area contributed by atoms with Crippen LogP contribution >= 0.6 is 15.9 Å². The molecule has 1 aromatic heterocycles. The molecule has 2 aromatic rings. The van der Waals surface area contributed by atoms with E-state index in [0.717, 1.165) is 5.56 Å². The van der Waals surface area contributed by atoms with E-state index in [1.165, 1.54) is 4.57 Å². The number of ether oxygens (including phenoxy) is 1. The van der Waals surface area contributed by atoms with Gasteiger partial charge in [0.2, 0.25) is 5.91 Å². The number of pyridine rings is 1. The second kappa shape index (κ2) is 6.58. The number of rotatable bonds is 4. The number of carbonyl (C=O) groups excluding carboxylic acids is 1. The lowest BCUT2D eigenvalue weighted by atomic mass is 10.3. The Bertz CT molecular complexity index is 708. The van der Waals surface area contributed by atoms with Crippen LogP contribution in [0.2, 0.25) is 0 Å². The number of amides is 1. The number of benzene rings is 1. The Morgan fingerprint density at radius 1 is 1.33 bits per heavy atom. The monoisotopic (exact) mass is 350 g/mol. The van der Waals surface area contributed by atoms with E-state index >= 15 is 0 Å². The maximum Gasteiger partial charge on any atom is 0.265 e. The van der Waals surface area contributed by atoms with Crippen molar-refractivity contribution in [2.24, 2.45) is 0 Å². The molecule has 1 amide bonds. The van der Waals surface area contributed by atoms with E-state index in [9.17, 15) is 9.59 Å². The maximum atomic E-state index is 12.0. The fraction of sp³-hybridized carbons (Fsp3) is 0.200. The standard InChI is InChI=1S/C15H15BrN2O3/c1-10-7-13(16)15(20)18(8-10)9-14(19)17-11-3-5-12(21-2)6-4-11/h3-8H,9H2,1-2H3,(H,17,19). The molecule has 6 heteroatoms. The molecule has 0 bridgehead atoms. The number of carbonyl (C=O) groups is 1. The zero-order valence-electron chi connectivity index (χ0n) is 11.7. The summed E-state index contributed by atoms with van der Waals surface area (Å²) < 4.78 is 6.87. The van der Waals surface area contributed by atoms with Crippen LogP contribution in [-0.2, 0) is 11.3 Å². The fourth-order valence-electron chi connectivity index (χ4n) is 1.89. The Balaban J connectivity index is 2.09. The molecule has 0 fully saturated rings. The number of hydrogen-bond acceptors (Lipinski definition) is 3. The molecule has 1 N–H and O–H groups in total. The highest BCUT2D eigenvalue weighted by atomic mass is 79.9. The summed E-state index contributed by atoms with van der Waals surface area (Å²) in [6.45, 7) is 1.83. The summed E-state index contributed by atoms with van der Waals surface area (Å²) in [5, 5.41) is 2.74. The van der Waals surface area contributed by atoms with Crippen LogP contribution in [0.3, 0.4) is 0 Å². The maximum absolute atomic E-state index is 12.0. The van der Waals surface area contributed by atoms with E-state index < -0.39 is 0 Å². The van der Waals surface area contributed by atoms with Crippen molar-refractivity contribution < 1.29 is 9.53 Å². The molecular weight excluding hydrogens is 336 g/mol. The smallest absolute Gasteiger partial charge is 0.265 e. The quantitative estimate of drug-likeness (QED) is 0.921. The van der Waals surface area contributed by atoms with Gasteiger partial charge in [-0.15, -0.1) is 0 Å². The van der Waals surface area contributed by atoms with Crippen molar-refractivity contribution >= 4 is 27.5 Å². The van der Waals surface area contributed by atoms with E-state index in [1.807, 2.05) is 6.92 Å². The van der Waals surface area contributed by atoms with Crippen molar-refractivity contribution in [1.29, 1.82) is 0 Å². The fourth-order valence-corrected chi connectivity index (χ4v) is 2.48. The average Bonchev–Trinajstić information content (AvgIpc) is 2.45. The van der Waals surface area contributed by atoms with Crippen LogP contribution in [0.4, 0.5) is 5.69 Å². The second-order valence-electron chi connectivity index (χ2n) is 4.58. The first kappa shape index (κ1) is 15.3. The third kappa shape index (κ3) is 3.95. The summed E-state index contributed by atoms with van der Waals surface area (Å²) in [6, 6.07) is 8.72. The summed E-state index contributed by atoms with van der Waals surface area (Å²) in [7, 11) is 1.58. The molecule has 0 spiro atoms. The Morgan fingerprint density at radius 2 is 2.00 bits per heavy atom. The van der Waals surface area contributed by atoms with Gasteiger partial charge in [0.05, 0.1) is 11.6 Å². The van der Waals surface area contributed by atoms with Gasteiger partial charge in [0.25, 0.3) is 5.56 Å². The van der Waals surface area contributed by atoms with Gasteiger partial charge in [0.1, 0.15) is 12.3 Å². The number of halogens is 1. The molecule has 0 atom stereocenters. The molecule has 0 saturated heterocycles. The number of anilines is 1. The minimum atomic E-state index is -0.264. The average molecular weight is 351 g/mol. The Kier molecular flexibility index (Phi) is 4.80. The number of aromatic nitrogens is 1. The van der Waals surface area contributed by atoms with Crippen molar-refractivity contribution in [3.63, 3.8) is 0 Å². The summed E-state index contributed by atoms with van der Waals surface area (Å²) in [4.78, 5) is 23.9. The highest BCUT2D eigenvalue weighted by molar-refractivity contribution is 9.10. The Morgan fingerprint density at radius 3 is 2.62 bits per heavy atom. The summed E-state index contributed by atoms with van der Waals surface area (Å²) in [5.41, 5.74) is 1.32. The minimum Gasteiger partial charge on any atom is -0.497 e. The first-order valence-electron chi connectivity index (χ1n) is 6.30. The van der Waals surface area contributed by atoms with Crippen LogP contribution in [-0.4, -0.2) is 17.6 Å². The lowest BCUT2D eigenvalue weighted by Crippen LogP contribution is -2.27. The topological polar surface area (TPSA) is 60.3 Å². The molecule has 0 aliphatic heterocycles. The van der Waals surface area contributed by atoms with E-state index in [1.54, 1.807) is 43.6 Å². The summed E-state index contributed by atoms with van der Waals surface area (Å²) >= 11 is 3.19. The van der Waals surface area contributed by atoms with Crippen molar-refractivity contribution in [2.45, 2.75) is 13.5 Å². The molecule has 21 heavy (non-hydrogen) atoms. The van der Waals surface area contributed by atoms with Gasteiger partial charge in [0.15, 0.2) is 0 Å². The van der Waals surface area contributed by atoms with Crippen LogP contribution < -0.4 is 15.6 Å². The van der Waals surface area contributed by atoms with Gasteiger partial charge in [-0.1, -0.05) is 0 Å².